The zero-order valence-electron chi connectivity index (χ0n) is 19.1. The van der Waals surface area contributed by atoms with Gasteiger partial charge < -0.3 is 14.4 Å². The number of carbonyl (C=O) groups excluding carboxylic acids is 1. The number of ether oxygens (including phenoxy) is 2. The number of hydrogen-bond acceptors (Lipinski definition) is 8. The molecule has 176 valence electrons. The monoisotopic (exact) mass is 473 g/mol. The number of rotatable bonds is 4. The molecule has 1 amide bonds. The van der Waals surface area contributed by atoms with Gasteiger partial charge in [-0.15, -0.1) is 5.10 Å². The second kappa shape index (κ2) is 8.62. The fraction of sp³-hybridized carbons (Fsp3) is 0.455. The van der Waals surface area contributed by atoms with Crippen molar-refractivity contribution in [3.8, 4) is 11.6 Å². The lowest BCUT2D eigenvalue weighted by molar-refractivity contribution is 0.0185. The number of likely N-dealkylation sites (tertiary alicyclic amines) is 1. The highest BCUT2D eigenvalue weighted by Crippen LogP contribution is 2.31. The van der Waals surface area contributed by atoms with Gasteiger partial charge in [-0.05, 0) is 63.9 Å². The Labute approximate surface area is 192 Å². The third-order valence-corrected chi connectivity index (χ3v) is 6.41. The molecule has 0 aliphatic carbocycles. The molecular formula is C22H27N5O5S. The molecule has 1 saturated heterocycles. The summed E-state index contributed by atoms with van der Waals surface area (Å²) in [6, 6.07) is 8.04. The standard InChI is InChI=1S/C22H27N5O5S/c1-22(2,3)32-21(28)26-13-10-15(11-14-26)27-18-9-12-23-20(19(18)24-25-27)31-16-5-7-17(8-6-16)33(4,29)30/h5-9,12,15H,10-11,13-14H2,1-4H3. The van der Waals surface area contributed by atoms with Crippen molar-refractivity contribution in [2.45, 2.75) is 50.2 Å². The molecule has 10 nitrogen and oxygen atoms in total. The molecule has 1 fully saturated rings. The maximum Gasteiger partial charge on any atom is 0.410 e. The van der Waals surface area contributed by atoms with Gasteiger partial charge in [-0.3, -0.25) is 0 Å². The average molecular weight is 474 g/mol. The van der Waals surface area contributed by atoms with Crippen LogP contribution in [0.15, 0.2) is 41.4 Å². The number of amides is 1. The van der Waals surface area contributed by atoms with Crippen LogP contribution in [0.1, 0.15) is 39.7 Å². The fourth-order valence-electron chi connectivity index (χ4n) is 3.68. The van der Waals surface area contributed by atoms with Crippen LogP contribution in [0.25, 0.3) is 11.0 Å². The first-order valence-corrected chi connectivity index (χ1v) is 12.6. The van der Waals surface area contributed by atoms with E-state index in [-0.39, 0.29) is 22.9 Å². The maximum absolute atomic E-state index is 12.3. The molecule has 0 unspecified atom stereocenters. The number of carbonyl (C=O) groups is 1. The van der Waals surface area contributed by atoms with Crippen LogP contribution in [0.3, 0.4) is 0 Å². The summed E-state index contributed by atoms with van der Waals surface area (Å²) < 4.78 is 36.5. The van der Waals surface area contributed by atoms with Gasteiger partial charge in [0.1, 0.15) is 11.4 Å². The van der Waals surface area contributed by atoms with Gasteiger partial charge in [0.05, 0.1) is 16.5 Å². The topological polar surface area (TPSA) is 117 Å². The number of benzene rings is 1. The molecule has 3 heterocycles. The number of pyridine rings is 1. The molecule has 3 aromatic rings. The first kappa shape index (κ1) is 23.0. The van der Waals surface area contributed by atoms with Gasteiger partial charge in [0.25, 0.3) is 0 Å². The van der Waals surface area contributed by atoms with E-state index in [1.807, 2.05) is 31.5 Å². The number of nitrogens with zero attached hydrogens (tertiary/aromatic N) is 5. The normalized spacial score (nSPS) is 15.6. The van der Waals surface area contributed by atoms with E-state index in [2.05, 4.69) is 15.3 Å². The van der Waals surface area contributed by atoms with Gasteiger partial charge in [0.15, 0.2) is 15.4 Å². The largest absolute Gasteiger partial charge is 0.444 e. The Balaban J connectivity index is 1.48. The van der Waals surface area contributed by atoms with E-state index >= 15 is 0 Å². The maximum atomic E-state index is 12.3. The highest BCUT2D eigenvalue weighted by Gasteiger charge is 2.29. The van der Waals surface area contributed by atoms with Crippen molar-refractivity contribution in [2.75, 3.05) is 19.3 Å². The molecule has 1 aliphatic rings. The zero-order chi connectivity index (χ0) is 23.8. The predicted molar refractivity (Wildman–Crippen MR) is 121 cm³/mol. The lowest BCUT2D eigenvalue weighted by Crippen LogP contribution is -2.42. The van der Waals surface area contributed by atoms with Crippen LogP contribution in [0.2, 0.25) is 0 Å². The summed E-state index contributed by atoms with van der Waals surface area (Å²) in [6.07, 6.45) is 3.93. The Kier molecular flexibility index (Phi) is 6.00. The summed E-state index contributed by atoms with van der Waals surface area (Å²) in [4.78, 5) is 18.5. The van der Waals surface area contributed by atoms with Crippen LogP contribution in [0, 0.1) is 0 Å². The third kappa shape index (κ3) is 5.24. The van der Waals surface area contributed by atoms with Crippen molar-refractivity contribution in [2.24, 2.45) is 0 Å². The zero-order valence-corrected chi connectivity index (χ0v) is 19.9. The highest BCUT2D eigenvalue weighted by atomic mass is 32.2. The van der Waals surface area contributed by atoms with Gasteiger partial charge in [0, 0.05) is 25.5 Å². The van der Waals surface area contributed by atoms with E-state index < -0.39 is 15.4 Å². The molecule has 4 rings (SSSR count). The number of hydrogen-bond donors (Lipinski definition) is 0. The van der Waals surface area contributed by atoms with E-state index in [4.69, 9.17) is 9.47 Å². The van der Waals surface area contributed by atoms with Crippen LogP contribution in [-0.2, 0) is 14.6 Å². The Morgan fingerprint density at radius 2 is 1.76 bits per heavy atom. The Morgan fingerprint density at radius 3 is 2.36 bits per heavy atom. The number of sulfone groups is 1. The van der Waals surface area contributed by atoms with E-state index in [1.165, 1.54) is 12.1 Å². The quantitative estimate of drug-likeness (QED) is 0.564. The smallest absolute Gasteiger partial charge is 0.410 e. The molecule has 2 aromatic heterocycles. The predicted octanol–water partition coefficient (Wildman–Crippen LogP) is 3.59. The molecule has 0 radical (unpaired) electrons. The minimum absolute atomic E-state index is 0.0815. The molecule has 33 heavy (non-hydrogen) atoms. The minimum Gasteiger partial charge on any atom is -0.444 e. The fourth-order valence-corrected chi connectivity index (χ4v) is 4.31. The summed E-state index contributed by atoms with van der Waals surface area (Å²) in [5.74, 6) is 0.736. The van der Waals surface area contributed by atoms with Gasteiger partial charge in [0.2, 0.25) is 5.88 Å². The molecular weight excluding hydrogens is 446 g/mol. The van der Waals surface area contributed by atoms with Crippen LogP contribution in [-0.4, -0.2) is 64.3 Å². The van der Waals surface area contributed by atoms with Crippen LogP contribution in [0.5, 0.6) is 11.6 Å². The third-order valence-electron chi connectivity index (χ3n) is 5.29. The Hall–Kier alpha value is -3.21. The first-order chi connectivity index (χ1) is 15.5. The molecule has 0 bridgehead atoms. The molecule has 0 spiro atoms. The molecule has 11 heteroatoms. The summed E-state index contributed by atoms with van der Waals surface area (Å²) in [5.41, 5.74) is 0.771. The molecule has 0 saturated carbocycles. The second-order valence-electron chi connectivity index (χ2n) is 9.06. The van der Waals surface area contributed by atoms with Crippen LogP contribution in [0.4, 0.5) is 4.79 Å². The summed E-state index contributed by atoms with van der Waals surface area (Å²) in [5, 5.41) is 8.60. The summed E-state index contributed by atoms with van der Waals surface area (Å²) in [7, 11) is -3.28. The molecule has 1 aromatic carbocycles. The molecule has 1 aliphatic heterocycles. The summed E-state index contributed by atoms with van der Waals surface area (Å²) in [6.45, 7) is 6.71. The lowest BCUT2D eigenvalue weighted by atomic mass is 10.1. The average Bonchev–Trinajstić information content (AvgIpc) is 3.18. The van der Waals surface area contributed by atoms with Gasteiger partial charge in [-0.1, -0.05) is 5.21 Å². The molecule has 0 N–H and O–H groups in total. The highest BCUT2D eigenvalue weighted by molar-refractivity contribution is 7.90. The number of aromatic nitrogens is 4. The lowest BCUT2D eigenvalue weighted by Gasteiger charge is -2.33. The minimum atomic E-state index is -3.28. The number of fused-ring (bicyclic) bond motifs is 1. The van der Waals surface area contributed by atoms with Crippen LogP contribution < -0.4 is 4.74 Å². The van der Waals surface area contributed by atoms with Crippen molar-refractivity contribution < 1.29 is 22.7 Å². The SMILES string of the molecule is CC(C)(C)OC(=O)N1CCC(n2nnc3c(Oc4ccc(S(C)(=O)=O)cc4)nccc32)CC1. The first-order valence-electron chi connectivity index (χ1n) is 10.7. The van der Waals surface area contributed by atoms with Crippen molar-refractivity contribution in [3.63, 3.8) is 0 Å². The van der Waals surface area contributed by atoms with Gasteiger partial charge in [-0.25, -0.2) is 22.9 Å². The van der Waals surface area contributed by atoms with Crippen molar-refractivity contribution >= 4 is 27.0 Å². The van der Waals surface area contributed by atoms with E-state index in [1.54, 1.807) is 23.2 Å². The second-order valence-corrected chi connectivity index (χ2v) is 11.1. The van der Waals surface area contributed by atoms with Crippen molar-refractivity contribution in [3.05, 3.63) is 36.5 Å². The van der Waals surface area contributed by atoms with Crippen molar-refractivity contribution in [1.82, 2.24) is 24.9 Å². The number of piperidine rings is 1. The van der Waals surface area contributed by atoms with E-state index in [9.17, 15) is 13.2 Å². The Morgan fingerprint density at radius 1 is 1.09 bits per heavy atom. The van der Waals surface area contributed by atoms with Crippen molar-refractivity contribution in [1.29, 1.82) is 0 Å². The Bertz CT molecular complexity index is 1260. The van der Waals surface area contributed by atoms with Crippen LogP contribution >= 0.6 is 0 Å². The van der Waals surface area contributed by atoms with E-state index in [0.717, 1.165) is 24.6 Å². The van der Waals surface area contributed by atoms with Gasteiger partial charge in [-0.2, -0.15) is 0 Å². The van der Waals surface area contributed by atoms with E-state index in [0.29, 0.717) is 24.4 Å². The molecule has 0 atom stereocenters. The summed E-state index contributed by atoms with van der Waals surface area (Å²) >= 11 is 0. The van der Waals surface area contributed by atoms with Gasteiger partial charge >= 0.3 is 6.09 Å².